The Balaban J connectivity index is 1.06. The minimum absolute atomic E-state index is 0.843. The number of para-hydroxylation sites is 2. The molecule has 0 bridgehead atoms. The van der Waals surface area contributed by atoms with Crippen molar-refractivity contribution in [2.45, 2.75) is 0 Å². The zero-order chi connectivity index (χ0) is 36.0. The molecule has 256 valence electrons. The van der Waals surface area contributed by atoms with Crippen LogP contribution in [0.3, 0.4) is 0 Å². The Hall–Kier alpha value is -7.36. The lowest BCUT2D eigenvalue weighted by Gasteiger charge is -2.29. The van der Waals surface area contributed by atoms with Gasteiger partial charge in [-0.05, 0) is 133 Å². The molecule has 11 aromatic rings. The SMILES string of the molecule is c1ccc(-c2ccc3cc4c(cc3c2)-c2cc3cc(N(c5ccc6ccoc6c5-c5ccccc5)c5cccc6c5oc5ccccc56)ccc3cc2-4)cc1. The smallest absolute Gasteiger partial charge is 0.159 e. The number of benzene rings is 9. The third kappa shape index (κ3) is 4.57. The molecule has 0 N–H and O–H groups in total. The molecule has 0 saturated heterocycles. The van der Waals surface area contributed by atoms with Gasteiger partial charge in [0.15, 0.2) is 5.58 Å². The fourth-order valence-corrected chi connectivity index (χ4v) is 8.77. The predicted molar refractivity (Wildman–Crippen MR) is 228 cm³/mol. The highest BCUT2D eigenvalue weighted by Gasteiger charge is 2.27. The molecule has 12 rings (SSSR count). The molecule has 2 heterocycles. The maximum absolute atomic E-state index is 6.70. The normalized spacial score (nSPS) is 12.0. The second kappa shape index (κ2) is 11.6. The number of anilines is 3. The molecule has 0 aliphatic heterocycles. The van der Waals surface area contributed by atoms with E-state index in [0.717, 1.165) is 61.1 Å². The standard InChI is InChI=1S/C52H31NO2/c1-3-10-32(11-4-1)35-18-19-36-28-43-44-29-37-20-22-40(27-39(37)31-46(44)45(43)30-38(36)26-35)53(48-16-9-15-42-41-14-7-8-17-49(41)55-52(42)48)47-23-21-34-24-25-54-51(34)50(47)33-12-5-2-6-13-33/h1-31H. The van der Waals surface area contributed by atoms with Gasteiger partial charge in [-0.3, -0.25) is 0 Å². The van der Waals surface area contributed by atoms with Crippen molar-refractivity contribution in [3.63, 3.8) is 0 Å². The van der Waals surface area contributed by atoms with Crippen LogP contribution in [-0.2, 0) is 0 Å². The average molecular weight is 702 g/mol. The van der Waals surface area contributed by atoms with Gasteiger partial charge in [-0.2, -0.15) is 0 Å². The van der Waals surface area contributed by atoms with E-state index in [-0.39, 0.29) is 0 Å². The van der Waals surface area contributed by atoms with E-state index in [2.05, 4.69) is 169 Å². The number of hydrogen-bond acceptors (Lipinski definition) is 3. The molecule has 0 spiro atoms. The molecular formula is C52H31NO2. The van der Waals surface area contributed by atoms with E-state index in [4.69, 9.17) is 8.83 Å². The number of furan rings is 2. The van der Waals surface area contributed by atoms with Crippen LogP contribution in [0.15, 0.2) is 197 Å². The highest BCUT2D eigenvalue weighted by Crippen LogP contribution is 2.52. The van der Waals surface area contributed by atoms with Gasteiger partial charge in [-0.25, -0.2) is 0 Å². The molecule has 1 aliphatic carbocycles. The Labute approximate surface area is 316 Å². The third-order valence-electron chi connectivity index (χ3n) is 11.4. The zero-order valence-corrected chi connectivity index (χ0v) is 29.7. The van der Waals surface area contributed by atoms with E-state index in [9.17, 15) is 0 Å². The van der Waals surface area contributed by atoms with Crippen LogP contribution in [0.1, 0.15) is 0 Å². The summed E-state index contributed by atoms with van der Waals surface area (Å²) in [5, 5.41) is 8.15. The van der Waals surface area contributed by atoms with Crippen molar-refractivity contribution >= 4 is 71.5 Å². The minimum Gasteiger partial charge on any atom is -0.464 e. The van der Waals surface area contributed by atoms with Gasteiger partial charge >= 0.3 is 0 Å². The highest BCUT2D eigenvalue weighted by molar-refractivity contribution is 6.14. The lowest BCUT2D eigenvalue weighted by molar-refractivity contribution is 0.617. The van der Waals surface area contributed by atoms with Crippen LogP contribution < -0.4 is 4.90 Å². The minimum atomic E-state index is 0.843. The molecule has 0 fully saturated rings. The van der Waals surface area contributed by atoms with Crippen molar-refractivity contribution in [2.24, 2.45) is 0 Å². The molecule has 1 aliphatic rings. The van der Waals surface area contributed by atoms with Gasteiger partial charge in [0.05, 0.1) is 17.6 Å². The predicted octanol–water partition coefficient (Wildman–Crippen LogP) is 15.1. The molecule has 0 radical (unpaired) electrons. The van der Waals surface area contributed by atoms with Gasteiger partial charge in [0.2, 0.25) is 0 Å². The summed E-state index contributed by atoms with van der Waals surface area (Å²) in [6.45, 7) is 0. The first-order valence-corrected chi connectivity index (χ1v) is 18.7. The second-order valence-corrected chi connectivity index (χ2v) is 14.5. The summed E-state index contributed by atoms with van der Waals surface area (Å²) in [6.07, 6.45) is 1.78. The lowest BCUT2D eigenvalue weighted by Crippen LogP contribution is -2.12. The summed E-state index contributed by atoms with van der Waals surface area (Å²) in [5.41, 5.74) is 15.4. The zero-order valence-electron chi connectivity index (χ0n) is 29.7. The molecule has 3 nitrogen and oxygen atoms in total. The maximum Gasteiger partial charge on any atom is 0.159 e. The van der Waals surface area contributed by atoms with Crippen LogP contribution in [0.25, 0.3) is 99.0 Å². The summed E-state index contributed by atoms with van der Waals surface area (Å²) < 4.78 is 13.0. The Kier molecular flexibility index (Phi) is 6.34. The first-order chi connectivity index (χ1) is 27.2. The van der Waals surface area contributed by atoms with E-state index in [0.29, 0.717) is 0 Å². The lowest BCUT2D eigenvalue weighted by atomic mass is 9.77. The largest absolute Gasteiger partial charge is 0.464 e. The van der Waals surface area contributed by atoms with Crippen LogP contribution in [0, 0.1) is 0 Å². The highest BCUT2D eigenvalue weighted by atomic mass is 16.3. The number of nitrogens with zero attached hydrogens (tertiary/aromatic N) is 1. The fraction of sp³-hybridized carbons (Fsp3) is 0. The van der Waals surface area contributed by atoms with Crippen LogP contribution in [0.5, 0.6) is 0 Å². The summed E-state index contributed by atoms with van der Waals surface area (Å²) >= 11 is 0. The van der Waals surface area contributed by atoms with E-state index in [1.54, 1.807) is 6.26 Å². The van der Waals surface area contributed by atoms with Crippen molar-refractivity contribution < 1.29 is 8.83 Å². The molecule has 2 aromatic heterocycles. The molecule has 55 heavy (non-hydrogen) atoms. The molecule has 0 amide bonds. The number of fused-ring (bicyclic) bond motifs is 10. The van der Waals surface area contributed by atoms with Crippen molar-refractivity contribution in [1.29, 1.82) is 0 Å². The van der Waals surface area contributed by atoms with Crippen LogP contribution >= 0.6 is 0 Å². The summed E-state index contributed by atoms with van der Waals surface area (Å²) in [5.74, 6) is 0. The number of hydrogen-bond donors (Lipinski definition) is 0. The van der Waals surface area contributed by atoms with Crippen molar-refractivity contribution in [1.82, 2.24) is 0 Å². The first kappa shape index (κ1) is 30.1. The quantitative estimate of drug-likeness (QED) is 0.179. The molecule has 0 saturated carbocycles. The first-order valence-electron chi connectivity index (χ1n) is 18.7. The summed E-state index contributed by atoms with van der Waals surface area (Å²) in [4.78, 5) is 2.35. The van der Waals surface area contributed by atoms with E-state index in [1.165, 1.54) is 54.9 Å². The van der Waals surface area contributed by atoms with Gasteiger partial charge in [0, 0.05) is 27.4 Å². The van der Waals surface area contributed by atoms with Crippen molar-refractivity contribution in [3.8, 4) is 44.5 Å². The van der Waals surface area contributed by atoms with E-state index >= 15 is 0 Å². The Morgan fingerprint density at radius 3 is 1.78 bits per heavy atom. The van der Waals surface area contributed by atoms with Crippen molar-refractivity contribution in [3.05, 3.63) is 188 Å². The second-order valence-electron chi connectivity index (χ2n) is 14.5. The van der Waals surface area contributed by atoms with Crippen molar-refractivity contribution in [2.75, 3.05) is 4.90 Å². The maximum atomic E-state index is 6.70. The van der Waals surface area contributed by atoms with Gasteiger partial charge in [-0.1, -0.05) is 109 Å². The fourth-order valence-electron chi connectivity index (χ4n) is 8.77. The van der Waals surface area contributed by atoms with Gasteiger partial charge in [0.1, 0.15) is 11.2 Å². The molecular weight excluding hydrogens is 671 g/mol. The van der Waals surface area contributed by atoms with Gasteiger partial charge < -0.3 is 13.7 Å². The Bertz CT molecular complexity index is 3320. The molecule has 9 aromatic carbocycles. The number of rotatable bonds is 5. The molecule has 3 heteroatoms. The summed E-state index contributed by atoms with van der Waals surface area (Å²) in [7, 11) is 0. The van der Waals surface area contributed by atoms with Crippen LogP contribution in [0.4, 0.5) is 17.1 Å². The van der Waals surface area contributed by atoms with Gasteiger partial charge in [0.25, 0.3) is 0 Å². The monoisotopic (exact) mass is 701 g/mol. The van der Waals surface area contributed by atoms with Crippen LogP contribution in [-0.4, -0.2) is 0 Å². The van der Waals surface area contributed by atoms with E-state index in [1.807, 2.05) is 18.2 Å². The third-order valence-corrected chi connectivity index (χ3v) is 11.4. The topological polar surface area (TPSA) is 29.5 Å². The molecule has 0 unspecified atom stereocenters. The summed E-state index contributed by atoms with van der Waals surface area (Å²) in [6, 6.07) is 65.4. The van der Waals surface area contributed by atoms with Crippen LogP contribution in [0.2, 0.25) is 0 Å². The Morgan fingerprint density at radius 1 is 0.364 bits per heavy atom. The van der Waals surface area contributed by atoms with Gasteiger partial charge in [-0.15, -0.1) is 0 Å². The molecule has 0 atom stereocenters. The van der Waals surface area contributed by atoms with E-state index < -0.39 is 0 Å². The Morgan fingerprint density at radius 2 is 1.00 bits per heavy atom. The average Bonchev–Trinajstić information content (AvgIpc) is 3.88.